The van der Waals surface area contributed by atoms with Crippen molar-refractivity contribution in [3.05, 3.63) is 53.7 Å². The third-order valence-corrected chi connectivity index (χ3v) is 5.96. The lowest BCUT2D eigenvalue weighted by Crippen LogP contribution is -2.41. The number of nitrogens with two attached hydrogens (primary N) is 1. The Labute approximate surface area is 164 Å². The van der Waals surface area contributed by atoms with Gasteiger partial charge in [-0.2, -0.15) is 0 Å². The molecule has 0 spiro atoms. The van der Waals surface area contributed by atoms with E-state index in [-0.39, 0.29) is 18.6 Å². The number of nitrogens with one attached hydrogen (secondary N) is 1. The van der Waals surface area contributed by atoms with Gasteiger partial charge in [-0.05, 0) is 31.0 Å². The molecule has 1 aromatic heterocycles. The predicted molar refractivity (Wildman–Crippen MR) is 106 cm³/mol. The number of piperidine rings is 1. The maximum atomic E-state index is 12.6. The summed E-state index contributed by atoms with van der Waals surface area (Å²) in [5.74, 6) is 0.592. The van der Waals surface area contributed by atoms with Gasteiger partial charge < -0.3 is 15.8 Å². The summed E-state index contributed by atoms with van der Waals surface area (Å²) in [6.45, 7) is 1.09. The molecule has 1 fully saturated rings. The van der Waals surface area contributed by atoms with Crippen LogP contribution in [0.5, 0.6) is 5.75 Å². The highest BCUT2D eigenvalue weighted by atomic mass is 32.2. The van der Waals surface area contributed by atoms with E-state index in [2.05, 4.69) is 10.3 Å². The fraction of sp³-hybridized carbons (Fsp3) is 0.368. The van der Waals surface area contributed by atoms with Gasteiger partial charge in [-0.25, -0.2) is 17.7 Å². The zero-order valence-corrected chi connectivity index (χ0v) is 16.5. The smallest absolute Gasteiger partial charge is 0.255 e. The number of ether oxygens (including phenoxy) is 1. The van der Waals surface area contributed by atoms with Crippen molar-refractivity contribution in [3.63, 3.8) is 0 Å². The maximum Gasteiger partial charge on any atom is 0.255 e. The molecule has 0 atom stereocenters. The molecule has 0 radical (unpaired) electrons. The van der Waals surface area contributed by atoms with Crippen molar-refractivity contribution in [2.45, 2.75) is 25.5 Å². The fourth-order valence-corrected chi connectivity index (χ4v) is 3.96. The first-order valence-electron chi connectivity index (χ1n) is 9.03. The van der Waals surface area contributed by atoms with E-state index >= 15 is 0 Å². The lowest BCUT2D eigenvalue weighted by Gasteiger charge is -2.30. The second-order valence-corrected chi connectivity index (χ2v) is 8.69. The van der Waals surface area contributed by atoms with Crippen LogP contribution in [0, 0.1) is 0 Å². The molecule has 2 heterocycles. The van der Waals surface area contributed by atoms with E-state index in [1.807, 2.05) is 0 Å². The molecule has 1 amide bonds. The summed E-state index contributed by atoms with van der Waals surface area (Å²) in [6.07, 6.45) is 3.83. The van der Waals surface area contributed by atoms with Crippen molar-refractivity contribution in [1.82, 2.24) is 14.6 Å². The molecule has 28 heavy (non-hydrogen) atoms. The van der Waals surface area contributed by atoms with Gasteiger partial charge in [-0.3, -0.25) is 4.79 Å². The van der Waals surface area contributed by atoms with E-state index in [9.17, 15) is 13.2 Å². The number of carbonyl (C=O) groups is 1. The zero-order valence-electron chi connectivity index (χ0n) is 15.7. The van der Waals surface area contributed by atoms with Crippen LogP contribution < -0.4 is 15.8 Å². The number of pyridine rings is 1. The molecule has 9 heteroatoms. The lowest BCUT2D eigenvalue weighted by atomic mass is 10.1. The number of nitrogens with zero attached hydrogens (tertiary/aromatic N) is 2. The first kappa shape index (κ1) is 20.1. The Morgan fingerprint density at radius 1 is 1.25 bits per heavy atom. The number of hydrogen-bond acceptors (Lipinski definition) is 6. The minimum absolute atomic E-state index is 0.138. The fourth-order valence-electron chi connectivity index (χ4n) is 3.09. The molecule has 0 saturated carbocycles. The molecule has 1 aliphatic rings. The summed E-state index contributed by atoms with van der Waals surface area (Å²) in [6, 6.07) is 10.6. The number of hydrogen-bond donors (Lipinski definition) is 2. The van der Waals surface area contributed by atoms with E-state index < -0.39 is 10.0 Å². The van der Waals surface area contributed by atoms with Gasteiger partial charge in [0.25, 0.3) is 5.91 Å². The van der Waals surface area contributed by atoms with Gasteiger partial charge in [-0.1, -0.05) is 18.2 Å². The molecule has 0 unspecified atom stereocenters. The van der Waals surface area contributed by atoms with Crippen molar-refractivity contribution >= 4 is 21.7 Å². The Kier molecular flexibility index (Phi) is 6.15. The first-order chi connectivity index (χ1) is 13.3. The Morgan fingerprint density at radius 2 is 1.96 bits per heavy atom. The van der Waals surface area contributed by atoms with Crippen LogP contribution in [0.15, 0.2) is 42.6 Å². The average molecular weight is 404 g/mol. The third kappa shape index (κ3) is 4.99. The minimum Gasteiger partial charge on any atom is -0.489 e. The van der Waals surface area contributed by atoms with Crippen molar-refractivity contribution in [3.8, 4) is 5.75 Å². The van der Waals surface area contributed by atoms with Crippen LogP contribution in [0.1, 0.15) is 28.8 Å². The number of aromatic nitrogens is 1. The van der Waals surface area contributed by atoms with E-state index in [1.165, 1.54) is 10.6 Å². The number of amides is 1. The van der Waals surface area contributed by atoms with E-state index in [0.717, 1.165) is 5.56 Å². The molecular formula is C19H24N4O4S. The summed E-state index contributed by atoms with van der Waals surface area (Å²) < 4.78 is 30.7. The minimum atomic E-state index is -3.18. The molecule has 1 aromatic carbocycles. The largest absolute Gasteiger partial charge is 0.489 e. The van der Waals surface area contributed by atoms with E-state index in [0.29, 0.717) is 43.1 Å². The molecule has 3 N–H and O–H groups in total. The third-order valence-electron chi connectivity index (χ3n) is 4.66. The van der Waals surface area contributed by atoms with Gasteiger partial charge in [0, 0.05) is 31.4 Å². The SMILES string of the molecule is CS(=O)(=O)N1CCC(Oc2ccccc2C(=O)NCc2cccnc2N)CC1. The Balaban J connectivity index is 1.63. The highest BCUT2D eigenvalue weighted by molar-refractivity contribution is 7.88. The first-order valence-corrected chi connectivity index (χ1v) is 10.9. The molecule has 8 nitrogen and oxygen atoms in total. The molecular weight excluding hydrogens is 380 g/mol. The lowest BCUT2D eigenvalue weighted by molar-refractivity contribution is 0.0936. The Bertz CT molecular complexity index is 940. The number of anilines is 1. The van der Waals surface area contributed by atoms with Gasteiger partial charge in [-0.15, -0.1) is 0 Å². The second kappa shape index (κ2) is 8.57. The van der Waals surface area contributed by atoms with Crippen LogP contribution in [0.25, 0.3) is 0 Å². The zero-order chi connectivity index (χ0) is 20.1. The number of nitrogen functional groups attached to an aromatic ring is 1. The molecule has 1 aliphatic heterocycles. The molecule has 0 bridgehead atoms. The van der Waals surface area contributed by atoms with Crippen molar-refractivity contribution in [2.75, 3.05) is 25.1 Å². The molecule has 150 valence electrons. The summed E-state index contributed by atoms with van der Waals surface area (Å²) in [5, 5.41) is 2.83. The normalized spacial score (nSPS) is 15.9. The average Bonchev–Trinajstić information content (AvgIpc) is 2.67. The van der Waals surface area contributed by atoms with E-state index in [4.69, 9.17) is 10.5 Å². The summed E-state index contributed by atoms with van der Waals surface area (Å²) in [5.41, 5.74) is 6.97. The molecule has 1 saturated heterocycles. The van der Waals surface area contributed by atoms with Gasteiger partial charge in [0.1, 0.15) is 17.7 Å². The Hall–Kier alpha value is -2.65. The Morgan fingerprint density at radius 3 is 2.64 bits per heavy atom. The van der Waals surface area contributed by atoms with Gasteiger partial charge in [0.15, 0.2) is 0 Å². The van der Waals surface area contributed by atoms with Crippen LogP contribution in [-0.2, 0) is 16.6 Å². The summed E-state index contributed by atoms with van der Waals surface area (Å²) in [7, 11) is -3.18. The van der Waals surface area contributed by atoms with Crippen LogP contribution >= 0.6 is 0 Å². The van der Waals surface area contributed by atoms with Crippen molar-refractivity contribution in [1.29, 1.82) is 0 Å². The van der Waals surface area contributed by atoms with Crippen molar-refractivity contribution in [2.24, 2.45) is 0 Å². The van der Waals surface area contributed by atoms with Gasteiger partial charge in [0.2, 0.25) is 10.0 Å². The molecule has 0 aliphatic carbocycles. The highest BCUT2D eigenvalue weighted by Gasteiger charge is 2.26. The second-order valence-electron chi connectivity index (χ2n) is 6.71. The topological polar surface area (TPSA) is 115 Å². The van der Waals surface area contributed by atoms with Gasteiger partial charge in [0.05, 0.1) is 11.8 Å². The molecule has 2 aromatic rings. The van der Waals surface area contributed by atoms with Crippen LogP contribution in [-0.4, -0.2) is 49.1 Å². The summed E-state index contributed by atoms with van der Waals surface area (Å²) >= 11 is 0. The quantitative estimate of drug-likeness (QED) is 0.752. The van der Waals surface area contributed by atoms with E-state index in [1.54, 1.807) is 42.6 Å². The standard InChI is InChI=1S/C19H24N4O4S/c1-28(25,26)23-11-8-15(9-12-23)27-17-7-3-2-6-16(17)19(24)22-13-14-5-4-10-21-18(14)20/h2-7,10,15H,8-9,11-13H2,1H3,(H2,20,21)(H,22,24). The van der Waals surface area contributed by atoms with Gasteiger partial charge >= 0.3 is 0 Å². The van der Waals surface area contributed by atoms with Crippen LogP contribution in [0.3, 0.4) is 0 Å². The van der Waals surface area contributed by atoms with Crippen LogP contribution in [0.2, 0.25) is 0 Å². The highest BCUT2D eigenvalue weighted by Crippen LogP contribution is 2.24. The van der Waals surface area contributed by atoms with Crippen molar-refractivity contribution < 1.29 is 17.9 Å². The number of sulfonamides is 1. The summed E-state index contributed by atoms with van der Waals surface area (Å²) in [4.78, 5) is 16.6. The van der Waals surface area contributed by atoms with Crippen LogP contribution in [0.4, 0.5) is 5.82 Å². The molecule has 3 rings (SSSR count). The monoisotopic (exact) mass is 404 g/mol. The predicted octanol–water partition coefficient (Wildman–Crippen LogP) is 1.40. The number of rotatable bonds is 6. The number of benzene rings is 1. The maximum absolute atomic E-state index is 12.6. The number of para-hydroxylation sites is 1. The number of carbonyl (C=O) groups excluding carboxylic acids is 1.